The maximum Gasteiger partial charge on any atom is 0.267 e. The fourth-order valence-corrected chi connectivity index (χ4v) is 3.85. The van der Waals surface area contributed by atoms with Gasteiger partial charge in [-0.05, 0) is 41.6 Å². The lowest BCUT2D eigenvalue weighted by molar-refractivity contribution is -0.122. The van der Waals surface area contributed by atoms with Crippen molar-refractivity contribution in [2.75, 3.05) is 0 Å². The van der Waals surface area contributed by atoms with Crippen LogP contribution in [0.3, 0.4) is 0 Å². The highest BCUT2D eigenvalue weighted by molar-refractivity contribution is 8.18. The molecule has 0 unspecified atom stereocenters. The van der Waals surface area contributed by atoms with Gasteiger partial charge in [-0.3, -0.25) is 9.69 Å². The van der Waals surface area contributed by atoms with E-state index in [2.05, 4.69) is 4.99 Å². The molecular formula is C23H18N2O2S. The van der Waals surface area contributed by atoms with Crippen LogP contribution in [-0.4, -0.2) is 21.1 Å². The number of para-hydroxylation sites is 2. The average molecular weight is 386 g/mol. The molecule has 5 heteroatoms. The lowest BCUT2D eigenvalue weighted by Crippen LogP contribution is -2.28. The number of thioether (sulfide) groups is 1. The Morgan fingerprint density at radius 3 is 2.25 bits per heavy atom. The minimum absolute atomic E-state index is 0.119. The average Bonchev–Trinajstić information content (AvgIpc) is 3.00. The minimum atomic E-state index is -0.119. The Bertz CT molecular complexity index is 1050. The number of hydrogen-bond acceptors (Lipinski definition) is 4. The third-order valence-electron chi connectivity index (χ3n) is 4.28. The Morgan fingerprint density at radius 2 is 1.54 bits per heavy atom. The van der Waals surface area contributed by atoms with Crippen molar-refractivity contribution in [3.63, 3.8) is 0 Å². The first-order valence-corrected chi connectivity index (χ1v) is 9.69. The fraction of sp³-hybridized carbons (Fsp3) is 0.0435. The Labute approximate surface area is 167 Å². The van der Waals surface area contributed by atoms with Crippen molar-refractivity contribution in [2.24, 2.45) is 4.99 Å². The number of aromatic hydroxyl groups is 1. The first-order valence-electron chi connectivity index (χ1n) is 8.88. The molecule has 0 atom stereocenters. The summed E-state index contributed by atoms with van der Waals surface area (Å²) in [4.78, 5) is 20.0. The maximum absolute atomic E-state index is 13.1. The van der Waals surface area contributed by atoms with Crippen molar-refractivity contribution < 1.29 is 9.90 Å². The van der Waals surface area contributed by atoms with Crippen molar-refractivity contribution in [2.45, 2.75) is 6.54 Å². The number of amidine groups is 1. The van der Waals surface area contributed by atoms with Crippen LogP contribution in [0.15, 0.2) is 94.8 Å². The van der Waals surface area contributed by atoms with Crippen LogP contribution in [-0.2, 0) is 11.3 Å². The van der Waals surface area contributed by atoms with Crippen molar-refractivity contribution in [3.05, 3.63) is 101 Å². The summed E-state index contributed by atoms with van der Waals surface area (Å²) in [5, 5.41) is 10.7. The zero-order valence-electron chi connectivity index (χ0n) is 15.0. The highest BCUT2D eigenvalue weighted by Crippen LogP contribution is 2.36. The number of nitrogens with zero attached hydrogens (tertiary/aromatic N) is 2. The number of carbonyl (C=O) groups is 1. The molecule has 1 heterocycles. The van der Waals surface area contributed by atoms with E-state index >= 15 is 0 Å². The Balaban J connectivity index is 1.71. The fourth-order valence-electron chi connectivity index (χ4n) is 2.86. The molecule has 28 heavy (non-hydrogen) atoms. The quantitative estimate of drug-likeness (QED) is 0.627. The largest absolute Gasteiger partial charge is 0.507 e. The van der Waals surface area contributed by atoms with Gasteiger partial charge in [0.15, 0.2) is 5.17 Å². The summed E-state index contributed by atoms with van der Waals surface area (Å²) in [6.45, 7) is 0.441. The molecule has 0 aliphatic carbocycles. The van der Waals surface area contributed by atoms with Crippen molar-refractivity contribution in [1.29, 1.82) is 0 Å². The van der Waals surface area contributed by atoms with Gasteiger partial charge in [-0.15, -0.1) is 0 Å². The van der Waals surface area contributed by atoms with Gasteiger partial charge in [0.25, 0.3) is 5.91 Å². The van der Waals surface area contributed by atoms with Gasteiger partial charge in [-0.25, -0.2) is 4.99 Å². The van der Waals surface area contributed by atoms with Gasteiger partial charge in [0.05, 0.1) is 17.1 Å². The normalized spacial score (nSPS) is 16.9. The number of phenolic OH excluding ortho intramolecular Hbond substituents is 1. The summed E-state index contributed by atoms with van der Waals surface area (Å²) in [7, 11) is 0. The van der Waals surface area contributed by atoms with E-state index in [1.165, 1.54) is 11.8 Å². The molecule has 0 bridgehead atoms. The highest BCUT2D eigenvalue weighted by Gasteiger charge is 2.33. The minimum Gasteiger partial charge on any atom is -0.507 e. The van der Waals surface area contributed by atoms with E-state index < -0.39 is 0 Å². The van der Waals surface area contributed by atoms with Crippen LogP contribution < -0.4 is 0 Å². The number of benzene rings is 3. The first-order chi connectivity index (χ1) is 13.7. The van der Waals surface area contributed by atoms with Gasteiger partial charge in [0.1, 0.15) is 5.75 Å². The van der Waals surface area contributed by atoms with Crippen LogP contribution in [0.5, 0.6) is 5.75 Å². The zero-order valence-corrected chi connectivity index (χ0v) is 15.8. The molecular weight excluding hydrogens is 368 g/mol. The zero-order chi connectivity index (χ0) is 19.3. The van der Waals surface area contributed by atoms with Crippen molar-refractivity contribution >= 4 is 34.6 Å². The number of aliphatic imine (C=N–C) groups is 1. The van der Waals surface area contributed by atoms with E-state index in [9.17, 15) is 9.90 Å². The molecule has 3 aromatic carbocycles. The van der Waals surface area contributed by atoms with E-state index in [4.69, 9.17) is 0 Å². The van der Waals surface area contributed by atoms with E-state index in [-0.39, 0.29) is 11.7 Å². The summed E-state index contributed by atoms with van der Waals surface area (Å²) in [6, 6.07) is 26.4. The summed E-state index contributed by atoms with van der Waals surface area (Å²) < 4.78 is 0. The summed E-state index contributed by atoms with van der Waals surface area (Å²) in [5.74, 6) is 0.0262. The number of carbonyl (C=O) groups excluding carboxylic acids is 1. The summed E-state index contributed by atoms with van der Waals surface area (Å²) >= 11 is 1.32. The van der Waals surface area contributed by atoms with Crippen LogP contribution in [0.1, 0.15) is 11.1 Å². The van der Waals surface area contributed by atoms with Gasteiger partial charge in [0.2, 0.25) is 0 Å². The van der Waals surface area contributed by atoms with Crippen LogP contribution >= 0.6 is 11.8 Å². The molecule has 3 aromatic rings. The van der Waals surface area contributed by atoms with Gasteiger partial charge in [0, 0.05) is 5.56 Å². The maximum atomic E-state index is 13.1. The van der Waals surface area contributed by atoms with Gasteiger partial charge < -0.3 is 5.11 Å². The number of hydrogen-bond donors (Lipinski definition) is 1. The van der Waals surface area contributed by atoms with Gasteiger partial charge >= 0.3 is 0 Å². The smallest absolute Gasteiger partial charge is 0.267 e. The molecule has 1 N–H and O–H groups in total. The third kappa shape index (κ3) is 4.00. The molecule has 1 aliphatic heterocycles. The summed E-state index contributed by atoms with van der Waals surface area (Å²) in [6.07, 6.45) is 1.72. The van der Waals surface area contributed by atoms with Crippen LogP contribution in [0.2, 0.25) is 0 Å². The van der Waals surface area contributed by atoms with Gasteiger partial charge in [-0.1, -0.05) is 66.7 Å². The van der Waals surface area contributed by atoms with Gasteiger partial charge in [-0.2, -0.15) is 0 Å². The molecule has 1 saturated heterocycles. The second-order valence-electron chi connectivity index (χ2n) is 6.28. The molecule has 1 fully saturated rings. The van der Waals surface area contributed by atoms with E-state index in [1.54, 1.807) is 29.2 Å². The molecule has 1 aliphatic rings. The Kier molecular flexibility index (Phi) is 5.26. The number of rotatable bonds is 4. The molecule has 0 radical (unpaired) electrons. The SMILES string of the molecule is O=C1/C(=C/c2ccccc2O)SC(=Nc2ccccc2)N1Cc1ccccc1. The van der Waals surface area contributed by atoms with Crippen molar-refractivity contribution in [3.8, 4) is 5.75 Å². The monoisotopic (exact) mass is 386 g/mol. The van der Waals surface area contributed by atoms with E-state index in [0.29, 0.717) is 22.2 Å². The second-order valence-corrected chi connectivity index (χ2v) is 7.29. The molecule has 0 saturated carbocycles. The molecule has 138 valence electrons. The number of phenols is 1. The lowest BCUT2D eigenvalue weighted by Gasteiger charge is -2.15. The van der Waals surface area contributed by atoms with Crippen LogP contribution in [0, 0.1) is 0 Å². The number of amides is 1. The first kappa shape index (κ1) is 18.1. The topological polar surface area (TPSA) is 52.9 Å². The standard InChI is InChI=1S/C23H18N2O2S/c26-20-14-8-7-11-18(20)15-21-22(27)25(16-17-9-3-1-4-10-17)23(28-21)24-19-12-5-2-6-13-19/h1-15,26H,16H2/b21-15-,24-23?. The Morgan fingerprint density at radius 1 is 0.893 bits per heavy atom. The lowest BCUT2D eigenvalue weighted by atomic mass is 10.2. The van der Waals surface area contributed by atoms with E-state index in [0.717, 1.165) is 11.3 Å². The molecule has 1 amide bonds. The third-order valence-corrected chi connectivity index (χ3v) is 5.28. The predicted octanol–water partition coefficient (Wildman–Crippen LogP) is 5.20. The summed E-state index contributed by atoms with van der Waals surface area (Å²) in [5.41, 5.74) is 2.43. The molecule has 4 nitrogen and oxygen atoms in total. The van der Waals surface area contributed by atoms with Crippen molar-refractivity contribution in [1.82, 2.24) is 4.90 Å². The molecule has 0 spiro atoms. The molecule has 4 rings (SSSR count). The second kappa shape index (κ2) is 8.15. The predicted molar refractivity (Wildman–Crippen MR) is 114 cm³/mol. The highest BCUT2D eigenvalue weighted by atomic mass is 32.2. The van der Waals surface area contributed by atoms with E-state index in [1.807, 2.05) is 66.7 Å². The molecule has 0 aromatic heterocycles. The van der Waals surface area contributed by atoms with Crippen LogP contribution in [0.25, 0.3) is 6.08 Å². The van der Waals surface area contributed by atoms with Crippen LogP contribution in [0.4, 0.5) is 5.69 Å². The Hall–Kier alpha value is -3.31.